The highest BCUT2D eigenvalue weighted by Crippen LogP contribution is 2.26. The van der Waals surface area contributed by atoms with Crippen molar-refractivity contribution in [2.45, 2.75) is 31.4 Å². The number of likely N-dealkylation sites (tertiary alicyclic amines) is 1. The average molecular weight is 341 g/mol. The molecule has 0 amide bonds. The van der Waals surface area contributed by atoms with Gasteiger partial charge >= 0.3 is 0 Å². The Hall–Kier alpha value is -0.420. The second-order valence-electron chi connectivity index (χ2n) is 5.92. The van der Waals surface area contributed by atoms with Crippen LogP contribution in [0.15, 0.2) is 28.7 Å². The predicted octanol–water partition coefficient (Wildman–Crippen LogP) is 2.90. The Morgan fingerprint density at radius 2 is 2.15 bits per heavy atom. The van der Waals surface area contributed by atoms with Crippen LogP contribution in [0.5, 0.6) is 0 Å². The van der Waals surface area contributed by atoms with Gasteiger partial charge in [0.05, 0.1) is 6.10 Å². The van der Waals surface area contributed by atoms with E-state index in [-0.39, 0.29) is 6.10 Å². The molecule has 1 aliphatic heterocycles. The zero-order chi connectivity index (χ0) is 14.5. The van der Waals surface area contributed by atoms with Gasteiger partial charge in [0, 0.05) is 23.6 Å². The van der Waals surface area contributed by atoms with E-state index < -0.39 is 0 Å². The van der Waals surface area contributed by atoms with Gasteiger partial charge in [0.2, 0.25) is 0 Å². The van der Waals surface area contributed by atoms with Crippen molar-refractivity contribution >= 4 is 15.9 Å². The number of likely N-dealkylation sites (N-methyl/N-ethyl adjacent to an activating group) is 1. The molecule has 0 aliphatic carbocycles. The van der Waals surface area contributed by atoms with Crippen LogP contribution in [-0.2, 0) is 0 Å². The van der Waals surface area contributed by atoms with Crippen molar-refractivity contribution in [2.75, 3.05) is 33.7 Å². The van der Waals surface area contributed by atoms with Gasteiger partial charge < -0.3 is 10.0 Å². The third-order valence-electron chi connectivity index (χ3n) is 4.03. The summed E-state index contributed by atoms with van der Waals surface area (Å²) in [5, 5.41) is 10.4. The zero-order valence-corrected chi connectivity index (χ0v) is 14.0. The molecular formula is C16H25BrN2O. The van der Waals surface area contributed by atoms with E-state index in [1.807, 2.05) is 24.3 Å². The summed E-state index contributed by atoms with van der Waals surface area (Å²) in [4.78, 5) is 4.78. The molecule has 1 aromatic carbocycles. The molecule has 0 saturated carbocycles. The fourth-order valence-corrected chi connectivity index (χ4v) is 3.56. The minimum atomic E-state index is -0.383. The number of nitrogens with zero attached hydrogens (tertiary/aromatic N) is 2. The standard InChI is InChI=1S/C16H25BrN2O/c1-18(2)12-13-6-5-10-19(13)11-9-16(20)14-7-3-4-8-15(14)17/h3-4,7-8,13,16,20H,5-6,9-12H2,1-2H3. The van der Waals surface area contributed by atoms with Gasteiger partial charge in [-0.1, -0.05) is 34.1 Å². The first-order valence-corrected chi connectivity index (χ1v) is 8.18. The molecule has 1 N–H and O–H groups in total. The van der Waals surface area contributed by atoms with E-state index in [9.17, 15) is 5.11 Å². The molecule has 4 heteroatoms. The Morgan fingerprint density at radius 3 is 2.85 bits per heavy atom. The van der Waals surface area contributed by atoms with Crippen LogP contribution in [0.2, 0.25) is 0 Å². The lowest BCUT2D eigenvalue weighted by atomic mass is 10.1. The first kappa shape index (κ1) is 16.0. The van der Waals surface area contributed by atoms with E-state index in [1.54, 1.807) is 0 Å². The highest BCUT2D eigenvalue weighted by molar-refractivity contribution is 9.10. The lowest BCUT2D eigenvalue weighted by molar-refractivity contribution is 0.130. The largest absolute Gasteiger partial charge is 0.388 e. The van der Waals surface area contributed by atoms with Crippen molar-refractivity contribution in [3.8, 4) is 0 Å². The monoisotopic (exact) mass is 340 g/mol. The van der Waals surface area contributed by atoms with Gasteiger partial charge in [-0.2, -0.15) is 0 Å². The van der Waals surface area contributed by atoms with Gasteiger partial charge in [0.15, 0.2) is 0 Å². The normalized spacial score (nSPS) is 21.6. The zero-order valence-electron chi connectivity index (χ0n) is 12.4. The van der Waals surface area contributed by atoms with E-state index in [0.717, 1.165) is 29.5 Å². The van der Waals surface area contributed by atoms with Gasteiger partial charge in [0.25, 0.3) is 0 Å². The molecule has 2 unspecified atom stereocenters. The summed E-state index contributed by atoms with van der Waals surface area (Å²) in [6.07, 6.45) is 2.98. The molecule has 2 rings (SSSR count). The number of halogens is 1. The van der Waals surface area contributed by atoms with E-state index in [2.05, 4.69) is 39.8 Å². The van der Waals surface area contributed by atoms with Gasteiger partial charge in [-0.3, -0.25) is 4.90 Å². The van der Waals surface area contributed by atoms with Gasteiger partial charge in [0.1, 0.15) is 0 Å². The summed E-state index contributed by atoms with van der Waals surface area (Å²) in [5.74, 6) is 0. The number of hydrogen-bond acceptors (Lipinski definition) is 3. The first-order chi connectivity index (χ1) is 9.58. The highest BCUT2D eigenvalue weighted by atomic mass is 79.9. The topological polar surface area (TPSA) is 26.7 Å². The van der Waals surface area contributed by atoms with Gasteiger partial charge in [-0.05, 0) is 51.5 Å². The Bertz CT molecular complexity index is 425. The minimum absolute atomic E-state index is 0.383. The van der Waals surface area contributed by atoms with E-state index in [1.165, 1.54) is 19.4 Å². The molecular weight excluding hydrogens is 316 g/mol. The molecule has 1 aliphatic rings. The third kappa shape index (κ3) is 4.29. The number of aliphatic hydroxyl groups is 1. The van der Waals surface area contributed by atoms with E-state index in [0.29, 0.717) is 6.04 Å². The molecule has 112 valence electrons. The summed E-state index contributed by atoms with van der Waals surface area (Å²) in [7, 11) is 4.26. The number of benzene rings is 1. The van der Waals surface area contributed by atoms with Crippen LogP contribution in [-0.4, -0.2) is 54.7 Å². The quantitative estimate of drug-likeness (QED) is 0.862. The van der Waals surface area contributed by atoms with Crippen molar-refractivity contribution in [1.29, 1.82) is 0 Å². The molecule has 3 nitrogen and oxygen atoms in total. The molecule has 0 radical (unpaired) electrons. The Morgan fingerprint density at radius 1 is 1.40 bits per heavy atom. The molecule has 1 aromatic rings. The van der Waals surface area contributed by atoms with Crippen molar-refractivity contribution in [2.24, 2.45) is 0 Å². The SMILES string of the molecule is CN(C)CC1CCCN1CCC(O)c1ccccc1Br. The van der Waals surface area contributed by atoms with Crippen LogP contribution in [0.4, 0.5) is 0 Å². The number of rotatable bonds is 6. The smallest absolute Gasteiger partial charge is 0.0813 e. The summed E-state index contributed by atoms with van der Waals surface area (Å²) in [6.45, 7) is 3.26. The van der Waals surface area contributed by atoms with Crippen LogP contribution >= 0.6 is 15.9 Å². The molecule has 0 spiro atoms. The maximum Gasteiger partial charge on any atom is 0.0813 e. The van der Waals surface area contributed by atoms with Gasteiger partial charge in [-0.15, -0.1) is 0 Å². The maximum absolute atomic E-state index is 10.4. The second kappa shape index (κ2) is 7.55. The molecule has 0 bridgehead atoms. The molecule has 1 saturated heterocycles. The summed E-state index contributed by atoms with van der Waals surface area (Å²) < 4.78 is 0.999. The lowest BCUT2D eigenvalue weighted by Crippen LogP contribution is -2.38. The molecule has 2 atom stereocenters. The Balaban J connectivity index is 1.87. The van der Waals surface area contributed by atoms with Crippen LogP contribution in [0, 0.1) is 0 Å². The van der Waals surface area contributed by atoms with Crippen molar-refractivity contribution < 1.29 is 5.11 Å². The Kier molecular flexibility index (Phi) is 6.02. The molecule has 1 heterocycles. The lowest BCUT2D eigenvalue weighted by Gasteiger charge is -2.27. The van der Waals surface area contributed by atoms with Gasteiger partial charge in [-0.25, -0.2) is 0 Å². The van der Waals surface area contributed by atoms with Crippen LogP contribution < -0.4 is 0 Å². The van der Waals surface area contributed by atoms with E-state index in [4.69, 9.17) is 0 Å². The van der Waals surface area contributed by atoms with E-state index >= 15 is 0 Å². The number of hydrogen-bond donors (Lipinski definition) is 1. The predicted molar refractivity (Wildman–Crippen MR) is 86.9 cm³/mol. The summed E-state index contributed by atoms with van der Waals surface area (Å²) in [6, 6.07) is 8.60. The minimum Gasteiger partial charge on any atom is -0.388 e. The summed E-state index contributed by atoms with van der Waals surface area (Å²) >= 11 is 3.51. The average Bonchev–Trinajstić information content (AvgIpc) is 2.83. The third-order valence-corrected chi connectivity index (χ3v) is 4.75. The number of aliphatic hydroxyl groups excluding tert-OH is 1. The van der Waals surface area contributed by atoms with Crippen LogP contribution in [0.25, 0.3) is 0 Å². The van der Waals surface area contributed by atoms with Crippen LogP contribution in [0.1, 0.15) is 30.9 Å². The summed E-state index contributed by atoms with van der Waals surface area (Å²) in [5.41, 5.74) is 0.996. The Labute approximate surface area is 130 Å². The fraction of sp³-hybridized carbons (Fsp3) is 0.625. The van der Waals surface area contributed by atoms with Crippen molar-refractivity contribution in [3.63, 3.8) is 0 Å². The first-order valence-electron chi connectivity index (χ1n) is 7.39. The fourth-order valence-electron chi connectivity index (χ4n) is 3.01. The molecule has 1 fully saturated rings. The molecule has 0 aromatic heterocycles. The second-order valence-corrected chi connectivity index (χ2v) is 6.77. The van der Waals surface area contributed by atoms with Crippen molar-refractivity contribution in [1.82, 2.24) is 9.80 Å². The van der Waals surface area contributed by atoms with Crippen LogP contribution in [0.3, 0.4) is 0 Å². The molecule has 20 heavy (non-hydrogen) atoms. The maximum atomic E-state index is 10.4. The highest BCUT2D eigenvalue weighted by Gasteiger charge is 2.25. The van der Waals surface area contributed by atoms with Crippen molar-refractivity contribution in [3.05, 3.63) is 34.3 Å².